The van der Waals surface area contributed by atoms with Gasteiger partial charge < -0.3 is 0 Å². The van der Waals surface area contributed by atoms with Crippen molar-refractivity contribution >= 4 is 45.2 Å². The molecule has 4 aromatic rings. The fourth-order valence-electron chi connectivity index (χ4n) is 6.53. The lowest BCUT2D eigenvalue weighted by atomic mass is 9.65. The Bertz CT molecular complexity index is 1430. The number of likely N-dealkylation sites (tertiary alicyclic amines) is 1. The predicted octanol–water partition coefficient (Wildman–Crippen LogP) is 7.80. The summed E-state index contributed by atoms with van der Waals surface area (Å²) in [5, 5.41) is 6.92. The number of rotatable bonds is 4. The fourth-order valence-corrected chi connectivity index (χ4v) is 8.31. The lowest BCUT2D eigenvalue weighted by molar-refractivity contribution is 0.119. The summed E-state index contributed by atoms with van der Waals surface area (Å²) in [4.78, 5) is 3.56. The second-order valence-electron chi connectivity index (χ2n) is 11.1. The molecule has 1 saturated carbocycles. The van der Waals surface area contributed by atoms with E-state index >= 15 is 0 Å². The first-order valence-electron chi connectivity index (χ1n) is 11.9. The maximum atomic E-state index is 6.91. The van der Waals surface area contributed by atoms with Crippen LogP contribution in [0.25, 0.3) is 26.5 Å². The number of benzene rings is 2. The molecule has 3 heterocycles. The Morgan fingerprint density at radius 2 is 1.79 bits per heavy atom. The van der Waals surface area contributed by atoms with Gasteiger partial charge in [0.05, 0.1) is 22.3 Å². The second-order valence-corrected chi connectivity index (χ2v) is 12.9. The molecule has 6 rings (SSSR count). The van der Waals surface area contributed by atoms with Gasteiger partial charge in [0.15, 0.2) is 5.82 Å². The van der Waals surface area contributed by atoms with Crippen LogP contribution < -0.4 is 0 Å². The van der Waals surface area contributed by atoms with E-state index in [1.54, 1.807) is 11.3 Å². The zero-order chi connectivity index (χ0) is 23.7. The predicted molar refractivity (Wildman–Crippen MR) is 144 cm³/mol. The maximum absolute atomic E-state index is 6.91. The van der Waals surface area contributed by atoms with Gasteiger partial charge in [0.25, 0.3) is 0 Å². The van der Waals surface area contributed by atoms with Crippen molar-refractivity contribution in [2.24, 2.45) is 10.8 Å². The highest BCUT2D eigenvalue weighted by atomic mass is 35.5. The van der Waals surface area contributed by atoms with Gasteiger partial charge in [-0.3, -0.25) is 9.47 Å². The first-order valence-corrected chi connectivity index (χ1v) is 13.5. The zero-order valence-electron chi connectivity index (χ0n) is 19.8. The molecule has 0 spiro atoms. The number of para-hydroxylation sites is 1. The van der Waals surface area contributed by atoms with Crippen LogP contribution in [-0.4, -0.2) is 31.8 Å². The van der Waals surface area contributed by atoms with E-state index in [-0.39, 0.29) is 0 Å². The van der Waals surface area contributed by atoms with E-state index in [0.717, 1.165) is 38.0 Å². The van der Waals surface area contributed by atoms with Gasteiger partial charge in [-0.2, -0.15) is 0 Å². The zero-order valence-corrected chi connectivity index (χ0v) is 22.2. The summed E-state index contributed by atoms with van der Waals surface area (Å²) in [5.41, 5.74) is 1.76. The van der Waals surface area contributed by atoms with Crippen molar-refractivity contribution in [1.82, 2.24) is 19.2 Å². The van der Waals surface area contributed by atoms with Crippen LogP contribution in [0.15, 0.2) is 54.6 Å². The van der Waals surface area contributed by atoms with Crippen LogP contribution in [0.5, 0.6) is 0 Å². The average molecular weight is 509 g/mol. The molecule has 2 fully saturated rings. The Morgan fingerprint density at radius 1 is 1.06 bits per heavy atom. The standard InChI is InChI=1S/C27H29ClN4S2/c1-26(2)13-19-14-27(3,15-26)16-30(19)17-31-25(33)32(18-9-5-4-6-10-18)24(29-31)23-22(28)20-11-7-8-12-21(20)34-23/h4-12,19H,13-17H2,1-3H3/t19-,27+/m0/s1. The van der Waals surface area contributed by atoms with Gasteiger partial charge >= 0.3 is 0 Å². The van der Waals surface area contributed by atoms with Crippen molar-refractivity contribution in [3.63, 3.8) is 0 Å². The molecule has 4 nitrogen and oxygen atoms in total. The molecule has 1 aliphatic carbocycles. The third-order valence-corrected chi connectivity index (χ3v) is 9.50. The molecule has 2 aromatic heterocycles. The molecule has 34 heavy (non-hydrogen) atoms. The Balaban J connectivity index is 1.46. The van der Waals surface area contributed by atoms with Crippen LogP contribution in [0, 0.1) is 15.6 Å². The Morgan fingerprint density at radius 3 is 2.56 bits per heavy atom. The van der Waals surface area contributed by atoms with Crippen molar-refractivity contribution in [2.75, 3.05) is 6.54 Å². The number of hydrogen-bond donors (Lipinski definition) is 0. The van der Waals surface area contributed by atoms with Gasteiger partial charge in [0.1, 0.15) is 0 Å². The number of halogens is 1. The summed E-state index contributed by atoms with van der Waals surface area (Å²) in [7, 11) is 0. The van der Waals surface area contributed by atoms with Crippen molar-refractivity contribution in [3.8, 4) is 16.4 Å². The van der Waals surface area contributed by atoms with Gasteiger partial charge in [-0.25, -0.2) is 4.68 Å². The van der Waals surface area contributed by atoms with E-state index in [2.05, 4.69) is 60.6 Å². The first-order chi connectivity index (χ1) is 16.2. The molecule has 1 saturated heterocycles. The fraction of sp³-hybridized carbons (Fsp3) is 0.407. The monoisotopic (exact) mass is 508 g/mol. The van der Waals surface area contributed by atoms with Crippen molar-refractivity contribution in [2.45, 2.75) is 52.7 Å². The largest absolute Gasteiger partial charge is 0.281 e. The summed E-state index contributed by atoms with van der Waals surface area (Å²) in [6.07, 6.45) is 3.77. The number of thiophene rings is 1. The van der Waals surface area contributed by atoms with E-state index in [4.69, 9.17) is 28.9 Å². The quantitative estimate of drug-likeness (QED) is 0.263. The van der Waals surface area contributed by atoms with Gasteiger partial charge in [0, 0.05) is 22.7 Å². The lowest BCUT2D eigenvalue weighted by Crippen LogP contribution is -2.35. The normalized spacial score (nSPS) is 24.2. The van der Waals surface area contributed by atoms with Crippen LogP contribution in [0.3, 0.4) is 0 Å². The van der Waals surface area contributed by atoms with Crippen LogP contribution in [0.4, 0.5) is 0 Å². The number of nitrogens with zero attached hydrogens (tertiary/aromatic N) is 4. The summed E-state index contributed by atoms with van der Waals surface area (Å²) in [6.45, 7) is 9.09. The van der Waals surface area contributed by atoms with Crippen LogP contribution in [0.2, 0.25) is 5.02 Å². The molecule has 2 aliphatic rings. The number of hydrogen-bond acceptors (Lipinski definition) is 4. The molecule has 0 amide bonds. The Hall–Kier alpha value is -1.99. The van der Waals surface area contributed by atoms with Gasteiger partial charge in [-0.15, -0.1) is 16.4 Å². The molecule has 2 aromatic carbocycles. The molecular formula is C27H29ClN4S2. The molecule has 2 atom stereocenters. The maximum Gasteiger partial charge on any atom is 0.204 e. The highest BCUT2D eigenvalue weighted by Crippen LogP contribution is 2.52. The minimum atomic E-state index is 0.369. The van der Waals surface area contributed by atoms with Crippen LogP contribution in [-0.2, 0) is 6.67 Å². The van der Waals surface area contributed by atoms with Gasteiger partial charge in [0.2, 0.25) is 4.77 Å². The third-order valence-electron chi connectivity index (χ3n) is 7.43. The lowest BCUT2D eigenvalue weighted by Gasteiger charge is -2.39. The average Bonchev–Trinajstić information content (AvgIpc) is 3.37. The first kappa shape index (κ1) is 22.5. The minimum Gasteiger partial charge on any atom is -0.281 e. The molecule has 1 aliphatic heterocycles. The van der Waals surface area contributed by atoms with Crippen LogP contribution >= 0.6 is 35.2 Å². The third kappa shape index (κ3) is 3.76. The Kier molecular flexibility index (Phi) is 5.30. The van der Waals surface area contributed by atoms with E-state index in [0.29, 0.717) is 28.3 Å². The number of fused-ring (bicyclic) bond motifs is 3. The summed E-state index contributed by atoms with van der Waals surface area (Å²) in [6, 6.07) is 19.1. The van der Waals surface area contributed by atoms with Gasteiger partial charge in [-0.1, -0.05) is 68.8 Å². The molecule has 0 unspecified atom stereocenters. The van der Waals surface area contributed by atoms with E-state index in [1.165, 1.54) is 19.3 Å². The minimum absolute atomic E-state index is 0.369. The van der Waals surface area contributed by atoms with E-state index in [9.17, 15) is 0 Å². The van der Waals surface area contributed by atoms with E-state index < -0.39 is 0 Å². The van der Waals surface area contributed by atoms with Crippen molar-refractivity contribution in [1.29, 1.82) is 0 Å². The molecule has 176 valence electrons. The van der Waals surface area contributed by atoms with Crippen LogP contribution in [0.1, 0.15) is 40.0 Å². The van der Waals surface area contributed by atoms with Crippen molar-refractivity contribution < 1.29 is 0 Å². The summed E-state index contributed by atoms with van der Waals surface area (Å²) >= 11 is 14.6. The SMILES string of the molecule is CC1(C)C[C@H]2C[C@@](C)(CN2Cn2nc(-c3sc4ccccc4c3Cl)n(-c3ccccc3)c2=S)C1. The topological polar surface area (TPSA) is 26.0 Å². The summed E-state index contributed by atoms with van der Waals surface area (Å²) in [5.74, 6) is 0.816. The molecule has 0 radical (unpaired) electrons. The second kappa shape index (κ2) is 8.02. The smallest absolute Gasteiger partial charge is 0.204 e. The highest BCUT2D eigenvalue weighted by Gasteiger charge is 2.49. The number of aromatic nitrogens is 3. The van der Waals surface area contributed by atoms with E-state index in [1.807, 2.05) is 28.9 Å². The highest BCUT2D eigenvalue weighted by molar-refractivity contribution is 7.71. The molecule has 0 N–H and O–H groups in total. The van der Waals surface area contributed by atoms with Crippen molar-refractivity contribution in [3.05, 3.63) is 64.4 Å². The molecule has 7 heteroatoms. The summed E-state index contributed by atoms with van der Waals surface area (Å²) < 4.78 is 5.96. The Labute approximate surface area is 214 Å². The van der Waals surface area contributed by atoms with Gasteiger partial charge in [-0.05, 0) is 60.5 Å². The molecule has 2 bridgehead atoms. The molecular weight excluding hydrogens is 480 g/mol.